The molecule has 0 saturated carbocycles. The van der Waals surface area contributed by atoms with Gasteiger partial charge in [0.05, 0.1) is 0 Å². The Morgan fingerprint density at radius 1 is 0.328 bits per heavy atom. The Labute approximate surface area is 393 Å². The van der Waals surface area contributed by atoms with Gasteiger partial charge in [-0.1, -0.05) is 194 Å². The highest BCUT2D eigenvalue weighted by Gasteiger charge is 2.19. The van der Waals surface area contributed by atoms with Crippen molar-refractivity contribution in [2.24, 2.45) is 0 Å². The zero-order chi connectivity index (χ0) is 46.5. The lowest BCUT2D eigenvalue weighted by Crippen LogP contribution is -2.30. The maximum absolute atomic E-state index is 12.8. The summed E-state index contributed by atoms with van der Waals surface area (Å²) in [4.78, 5) is 38.0. The van der Waals surface area contributed by atoms with Crippen LogP contribution in [0.2, 0.25) is 0 Å². The second kappa shape index (κ2) is 51.7. The summed E-state index contributed by atoms with van der Waals surface area (Å²) in [6.45, 7) is 6.32. The highest BCUT2D eigenvalue weighted by molar-refractivity contribution is 5.71. The van der Waals surface area contributed by atoms with Crippen LogP contribution in [0.4, 0.5) is 0 Å². The summed E-state index contributed by atoms with van der Waals surface area (Å²) < 4.78 is 16.7. The molecule has 64 heavy (non-hydrogen) atoms. The standard InChI is InChI=1S/C58H94O6/c1-4-7-10-13-16-19-22-25-28-29-31-33-36-39-42-45-48-51-57(60)63-54-55(53-62-56(59)50-47-44-41-38-35-32-27-24-21-18-15-12-9-6-3)64-58(61)52-49-46-43-40-37-34-30-26-23-20-17-14-11-8-5-2/h7-8,10-11,16-17,19-20,24-28,30-31,33,39,42,55H,4-6,9,12-15,18,21-23,29,32,34-38,40-41,43-54H2,1-3H3/b10-7-,11-8-,19-16-,20-17-,27-24-,28-25-,30-26-,33-31-,42-39-. The van der Waals surface area contributed by atoms with Crippen molar-refractivity contribution in [3.8, 4) is 0 Å². The average molecular weight is 887 g/mol. The van der Waals surface area contributed by atoms with Crippen molar-refractivity contribution in [1.29, 1.82) is 0 Å². The van der Waals surface area contributed by atoms with Crippen LogP contribution in [-0.4, -0.2) is 37.2 Å². The van der Waals surface area contributed by atoms with Gasteiger partial charge in [-0.25, -0.2) is 0 Å². The third-order valence-electron chi connectivity index (χ3n) is 10.5. The maximum Gasteiger partial charge on any atom is 0.306 e. The number of carbonyl (C=O) groups is 3. The highest BCUT2D eigenvalue weighted by Crippen LogP contribution is 2.13. The molecule has 0 amide bonds. The van der Waals surface area contributed by atoms with Crippen molar-refractivity contribution in [1.82, 2.24) is 0 Å². The summed E-state index contributed by atoms with van der Waals surface area (Å²) >= 11 is 0. The Hall–Kier alpha value is -3.93. The minimum atomic E-state index is -0.815. The van der Waals surface area contributed by atoms with E-state index < -0.39 is 6.10 Å². The van der Waals surface area contributed by atoms with Crippen LogP contribution in [0.3, 0.4) is 0 Å². The van der Waals surface area contributed by atoms with Gasteiger partial charge in [0.1, 0.15) is 13.2 Å². The van der Waals surface area contributed by atoms with Crippen LogP contribution in [0.1, 0.15) is 220 Å². The molecule has 362 valence electrons. The summed E-state index contributed by atoms with van der Waals surface area (Å²) in [7, 11) is 0. The summed E-state index contributed by atoms with van der Waals surface area (Å²) in [5, 5.41) is 0. The Morgan fingerprint density at radius 2 is 0.625 bits per heavy atom. The van der Waals surface area contributed by atoms with Gasteiger partial charge in [-0.3, -0.25) is 14.4 Å². The third-order valence-corrected chi connectivity index (χ3v) is 10.5. The largest absolute Gasteiger partial charge is 0.462 e. The number of allylic oxidation sites excluding steroid dienone is 18. The van der Waals surface area contributed by atoms with Gasteiger partial charge in [0, 0.05) is 19.3 Å². The highest BCUT2D eigenvalue weighted by atomic mass is 16.6. The third kappa shape index (κ3) is 49.1. The van der Waals surface area contributed by atoms with E-state index in [0.29, 0.717) is 19.3 Å². The molecule has 0 bridgehead atoms. The normalized spacial score (nSPS) is 13.0. The molecule has 0 N–H and O–H groups in total. The molecule has 0 aromatic carbocycles. The summed E-state index contributed by atoms with van der Waals surface area (Å²) in [5.74, 6) is -1.00. The first kappa shape index (κ1) is 60.1. The number of ether oxygens (including phenoxy) is 3. The lowest BCUT2D eigenvalue weighted by atomic mass is 10.1. The minimum Gasteiger partial charge on any atom is -0.462 e. The van der Waals surface area contributed by atoms with Gasteiger partial charge < -0.3 is 14.2 Å². The van der Waals surface area contributed by atoms with Crippen molar-refractivity contribution < 1.29 is 28.6 Å². The quantitative estimate of drug-likeness (QED) is 0.0262. The molecule has 0 saturated heterocycles. The predicted octanol–water partition coefficient (Wildman–Crippen LogP) is 17.1. The lowest BCUT2D eigenvalue weighted by Gasteiger charge is -2.18. The predicted molar refractivity (Wildman–Crippen MR) is 274 cm³/mol. The van der Waals surface area contributed by atoms with E-state index in [1.165, 1.54) is 44.9 Å². The first-order valence-electron chi connectivity index (χ1n) is 25.9. The van der Waals surface area contributed by atoms with Crippen molar-refractivity contribution in [3.63, 3.8) is 0 Å². The maximum atomic E-state index is 12.8. The van der Waals surface area contributed by atoms with Gasteiger partial charge in [0.25, 0.3) is 0 Å². The lowest BCUT2D eigenvalue weighted by molar-refractivity contribution is -0.167. The van der Waals surface area contributed by atoms with Crippen LogP contribution in [-0.2, 0) is 28.6 Å². The number of carbonyl (C=O) groups excluding carboxylic acids is 3. The van der Waals surface area contributed by atoms with Crippen LogP contribution in [0.5, 0.6) is 0 Å². The molecular weight excluding hydrogens is 793 g/mol. The van der Waals surface area contributed by atoms with E-state index >= 15 is 0 Å². The average Bonchev–Trinajstić information content (AvgIpc) is 3.29. The fourth-order valence-electron chi connectivity index (χ4n) is 6.66. The van der Waals surface area contributed by atoms with E-state index in [2.05, 4.69) is 130 Å². The molecule has 0 heterocycles. The van der Waals surface area contributed by atoms with E-state index in [4.69, 9.17) is 14.2 Å². The van der Waals surface area contributed by atoms with Gasteiger partial charge >= 0.3 is 17.9 Å². The van der Waals surface area contributed by atoms with Gasteiger partial charge in [0.2, 0.25) is 0 Å². The number of unbranched alkanes of at least 4 members (excludes halogenated alkanes) is 16. The van der Waals surface area contributed by atoms with Gasteiger partial charge in [0.15, 0.2) is 6.10 Å². The molecule has 1 atom stereocenters. The van der Waals surface area contributed by atoms with Crippen molar-refractivity contribution >= 4 is 17.9 Å². The fourth-order valence-corrected chi connectivity index (χ4v) is 6.66. The molecule has 0 fully saturated rings. The first-order chi connectivity index (χ1) is 31.5. The van der Waals surface area contributed by atoms with Crippen LogP contribution < -0.4 is 0 Å². The number of hydrogen-bond acceptors (Lipinski definition) is 6. The molecule has 0 rings (SSSR count). The van der Waals surface area contributed by atoms with Gasteiger partial charge in [-0.05, 0) is 116 Å². The van der Waals surface area contributed by atoms with Crippen LogP contribution in [0.25, 0.3) is 0 Å². The van der Waals surface area contributed by atoms with E-state index in [1.54, 1.807) is 0 Å². The number of hydrogen-bond donors (Lipinski definition) is 0. The molecule has 6 heteroatoms. The molecule has 1 unspecified atom stereocenters. The fraction of sp³-hybridized carbons (Fsp3) is 0.638. The Balaban J connectivity index is 4.54. The van der Waals surface area contributed by atoms with Gasteiger partial charge in [-0.15, -0.1) is 0 Å². The molecule has 0 aliphatic heterocycles. The van der Waals surface area contributed by atoms with E-state index in [1.807, 2.05) is 0 Å². The Kier molecular flexibility index (Phi) is 48.5. The molecular formula is C58H94O6. The Morgan fingerprint density at radius 3 is 1.03 bits per heavy atom. The number of rotatable bonds is 45. The smallest absolute Gasteiger partial charge is 0.306 e. The topological polar surface area (TPSA) is 78.9 Å². The van der Waals surface area contributed by atoms with E-state index in [9.17, 15) is 14.4 Å². The number of esters is 3. The van der Waals surface area contributed by atoms with Crippen LogP contribution in [0.15, 0.2) is 109 Å². The monoisotopic (exact) mass is 887 g/mol. The zero-order valence-electron chi connectivity index (χ0n) is 41.3. The van der Waals surface area contributed by atoms with Crippen LogP contribution in [0, 0.1) is 0 Å². The molecule has 0 aromatic heterocycles. The van der Waals surface area contributed by atoms with Crippen LogP contribution >= 0.6 is 0 Å². The van der Waals surface area contributed by atoms with E-state index in [0.717, 1.165) is 128 Å². The second-order valence-corrected chi connectivity index (χ2v) is 16.7. The molecule has 0 aliphatic carbocycles. The molecule has 0 aliphatic rings. The molecule has 0 spiro atoms. The van der Waals surface area contributed by atoms with Crippen molar-refractivity contribution in [2.75, 3.05) is 13.2 Å². The SMILES string of the molecule is CC/C=C\C/C=C\C/C=C\C/C=C\C/C=C\CCCC(=O)OCC(COC(=O)CCCCCCC/C=C\CCCCCCC)OC(=O)CCCCCCC/C=C\C/C=C\C/C=C\CC. The first-order valence-corrected chi connectivity index (χ1v) is 25.9. The molecule has 0 radical (unpaired) electrons. The van der Waals surface area contributed by atoms with Crippen molar-refractivity contribution in [3.05, 3.63) is 109 Å². The Bertz CT molecular complexity index is 1340. The van der Waals surface area contributed by atoms with Gasteiger partial charge in [-0.2, -0.15) is 0 Å². The minimum absolute atomic E-state index is 0.109. The van der Waals surface area contributed by atoms with E-state index in [-0.39, 0.29) is 37.5 Å². The molecule has 0 aromatic rings. The van der Waals surface area contributed by atoms with Crippen molar-refractivity contribution in [2.45, 2.75) is 226 Å². The zero-order valence-corrected chi connectivity index (χ0v) is 41.3. The summed E-state index contributed by atoms with van der Waals surface area (Å²) in [6.07, 6.45) is 69.3. The summed E-state index contributed by atoms with van der Waals surface area (Å²) in [6, 6.07) is 0. The summed E-state index contributed by atoms with van der Waals surface area (Å²) in [5.41, 5.74) is 0. The second-order valence-electron chi connectivity index (χ2n) is 16.7. The molecule has 6 nitrogen and oxygen atoms in total.